The van der Waals surface area contributed by atoms with Gasteiger partial charge in [-0.3, -0.25) is 9.59 Å². The molecule has 0 aliphatic rings. The number of ether oxygens (including phenoxy) is 1. The SMILES string of the molecule is COC(=O)CCCN(C)C(=O)c1cc(C)c(C)s1. The van der Waals surface area contributed by atoms with Gasteiger partial charge >= 0.3 is 5.97 Å². The topological polar surface area (TPSA) is 46.6 Å². The van der Waals surface area contributed by atoms with Crippen LogP contribution < -0.4 is 0 Å². The van der Waals surface area contributed by atoms with Crippen LogP contribution in [0.4, 0.5) is 0 Å². The van der Waals surface area contributed by atoms with Gasteiger partial charge in [0, 0.05) is 24.9 Å². The zero-order valence-corrected chi connectivity index (χ0v) is 12.1. The summed E-state index contributed by atoms with van der Waals surface area (Å²) in [5.41, 5.74) is 1.14. The van der Waals surface area contributed by atoms with Crippen LogP contribution in [0.2, 0.25) is 0 Å². The molecule has 100 valence electrons. The van der Waals surface area contributed by atoms with Crippen molar-refractivity contribution in [1.82, 2.24) is 4.90 Å². The third kappa shape index (κ3) is 3.84. The Balaban J connectivity index is 2.49. The first kappa shape index (κ1) is 14.7. The Morgan fingerprint density at radius 2 is 2.06 bits per heavy atom. The first-order chi connectivity index (χ1) is 8.45. The third-order valence-corrected chi connectivity index (χ3v) is 3.97. The molecule has 0 aliphatic carbocycles. The van der Waals surface area contributed by atoms with Crippen molar-refractivity contribution in [2.45, 2.75) is 26.7 Å². The monoisotopic (exact) mass is 269 g/mol. The van der Waals surface area contributed by atoms with Crippen LogP contribution in [0.3, 0.4) is 0 Å². The molecule has 1 rings (SSSR count). The van der Waals surface area contributed by atoms with Gasteiger partial charge in [-0.2, -0.15) is 0 Å². The Morgan fingerprint density at radius 1 is 1.39 bits per heavy atom. The maximum atomic E-state index is 12.1. The van der Waals surface area contributed by atoms with Crippen LogP contribution in [0.1, 0.15) is 33.0 Å². The summed E-state index contributed by atoms with van der Waals surface area (Å²) in [6, 6.07) is 1.92. The molecular formula is C13H19NO3S. The van der Waals surface area contributed by atoms with Crippen LogP contribution in [0.5, 0.6) is 0 Å². The molecule has 0 spiro atoms. The molecule has 1 aromatic rings. The van der Waals surface area contributed by atoms with Gasteiger partial charge in [-0.1, -0.05) is 0 Å². The average Bonchev–Trinajstić information content (AvgIpc) is 2.68. The Bertz CT molecular complexity index is 420. The van der Waals surface area contributed by atoms with Gasteiger partial charge in [0.1, 0.15) is 0 Å². The number of aryl methyl sites for hydroxylation is 2. The fourth-order valence-electron chi connectivity index (χ4n) is 1.53. The molecule has 0 fully saturated rings. The number of carbonyl (C=O) groups excluding carboxylic acids is 2. The van der Waals surface area contributed by atoms with Crippen molar-refractivity contribution in [3.8, 4) is 0 Å². The highest BCUT2D eigenvalue weighted by atomic mass is 32.1. The second-order valence-corrected chi connectivity index (χ2v) is 5.51. The lowest BCUT2D eigenvalue weighted by atomic mass is 10.2. The minimum absolute atomic E-state index is 0.0149. The second-order valence-electron chi connectivity index (χ2n) is 4.26. The maximum absolute atomic E-state index is 12.1. The van der Waals surface area contributed by atoms with E-state index in [2.05, 4.69) is 4.74 Å². The van der Waals surface area contributed by atoms with Crippen molar-refractivity contribution in [2.24, 2.45) is 0 Å². The molecule has 0 aromatic carbocycles. The van der Waals surface area contributed by atoms with Crippen molar-refractivity contribution < 1.29 is 14.3 Å². The zero-order valence-electron chi connectivity index (χ0n) is 11.3. The molecule has 18 heavy (non-hydrogen) atoms. The highest BCUT2D eigenvalue weighted by molar-refractivity contribution is 7.14. The standard InChI is InChI=1S/C13H19NO3S/c1-9-8-11(18-10(9)2)13(16)14(3)7-5-6-12(15)17-4/h8H,5-7H2,1-4H3. The van der Waals surface area contributed by atoms with Gasteiger partial charge in [0.2, 0.25) is 0 Å². The highest BCUT2D eigenvalue weighted by Crippen LogP contribution is 2.21. The Labute approximate surface area is 112 Å². The highest BCUT2D eigenvalue weighted by Gasteiger charge is 2.15. The predicted molar refractivity (Wildman–Crippen MR) is 72.0 cm³/mol. The normalized spacial score (nSPS) is 10.2. The van der Waals surface area contributed by atoms with E-state index in [9.17, 15) is 9.59 Å². The number of methoxy groups -OCH3 is 1. The fourth-order valence-corrected chi connectivity index (χ4v) is 2.56. The summed E-state index contributed by atoms with van der Waals surface area (Å²) in [6.07, 6.45) is 0.967. The molecule has 0 unspecified atom stereocenters. The van der Waals surface area contributed by atoms with Gasteiger partial charge in [0.05, 0.1) is 12.0 Å². The zero-order chi connectivity index (χ0) is 13.7. The van der Waals surface area contributed by atoms with Crippen LogP contribution in [0, 0.1) is 13.8 Å². The lowest BCUT2D eigenvalue weighted by Crippen LogP contribution is -2.27. The summed E-state index contributed by atoms with van der Waals surface area (Å²) in [5, 5.41) is 0. The number of nitrogens with zero attached hydrogens (tertiary/aromatic N) is 1. The van der Waals surface area contributed by atoms with Crippen LogP contribution in [0.15, 0.2) is 6.07 Å². The van der Waals surface area contributed by atoms with E-state index in [-0.39, 0.29) is 11.9 Å². The van der Waals surface area contributed by atoms with Gasteiger partial charge in [0.25, 0.3) is 5.91 Å². The lowest BCUT2D eigenvalue weighted by Gasteiger charge is -2.15. The van der Waals surface area contributed by atoms with Gasteiger partial charge in [-0.15, -0.1) is 11.3 Å². The number of esters is 1. The molecule has 0 radical (unpaired) electrons. The van der Waals surface area contributed by atoms with E-state index in [0.717, 1.165) is 10.4 Å². The molecule has 1 heterocycles. The van der Waals surface area contributed by atoms with E-state index >= 15 is 0 Å². The van der Waals surface area contributed by atoms with Crippen LogP contribution >= 0.6 is 11.3 Å². The van der Waals surface area contributed by atoms with Gasteiger partial charge < -0.3 is 9.64 Å². The van der Waals surface area contributed by atoms with E-state index in [1.807, 2.05) is 19.9 Å². The van der Waals surface area contributed by atoms with E-state index in [1.54, 1.807) is 11.9 Å². The number of rotatable bonds is 5. The molecule has 0 atom stereocenters. The third-order valence-electron chi connectivity index (χ3n) is 2.83. The summed E-state index contributed by atoms with van der Waals surface area (Å²) >= 11 is 1.51. The lowest BCUT2D eigenvalue weighted by molar-refractivity contribution is -0.140. The molecule has 0 saturated carbocycles. The fraction of sp³-hybridized carbons (Fsp3) is 0.538. The van der Waals surface area contributed by atoms with Crippen molar-refractivity contribution in [1.29, 1.82) is 0 Å². The molecule has 1 amide bonds. The summed E-state index contributed by atoms with van der Waals surface area (Å²) in [7, 11) is 3.12. The van der Waals surface area contributed by atoms with Crippen LogP contribution in [-0.4, -0.2) is 37.5 Å². The average molecular weight is 269 g/mol. The largest absolute Gasteiger partial charge is 0.469 e. The first-order valence-corrected chi connectivity index (χ1v) is 6.66. The van der Waals surface area contributed by atoms with E-state index in [0.29, 0.717) is 19.4 Å². The molecule has 5 heteroatoms. The predicted octanol–water partition coefficient (Wildman–Crippen LogP) is 2.39. The van der Waals surface area contributed by atoms with Gasteiger partial charge in [-0.05, 0) is 31.9 Å². The molecule has 0 saturated heterocycles. The maximum Gasteiger partial charge on any atom is 0.305 e. The Hall–Kier alpha value is -1.36. The van der Waals surface area contributed by atoms with E-state index in [1.165, 1.54) is 23.3 Å². The Morgan fingerprint density at radius 3 is 2.56 bits per heavy atom. The molecule has 1 aromatic heterocycles. The number of amides is 1. The van der Waals surface area contributed by atoms with E-state index < -0.39 is 0 Å². The van der Waals surface area contributed by atoms with E-state index in [4.69, 9.17) is 0 Å². The molecular weight excluding hydrogens is 250 g/mol. The summed E-state index contributed by atoms with van der Waals surface area (Å²) in [4.78, 5) is 26.6. The number of carbonyl (C=O) groups is 2. The van der Waals surface area contributed by atoms with Crippen molar-refractivity contribution in [2.75, 3.05) is 20.7 Å². The van der Waals surface area contributed by atoms with Gasteiger partial charge in [0.15, 0.2) is 0 Å². The molecule has 0 N–H and O–H groups in total. The number of hydrogen-bond donors (Lipinski definition) is 0. The van der Waals surface area contributed by atoms with Crippen LogP contribution in [-0.2, 0) is 9.53 Å². The molecule has 4 nitrogen and oxygen atoms in total. The van der Waals surface area contributed by atoms with Crippen molar-refractivity contribution in [3.05, 3.63) is 21.4 Å². The van der Waals surface area contributed by atoms with Gasteiger partial charge in [-0.25, -0.2) is 0 Å². The number of hydrogen-bond acceptors (Lipinski definition) is 4. The minimum atomic E-state index is -0.237. The smallest absolute Gasteiger partial charge is 0.305 e. The number of thiophene rings is 1. The van der Waals surface area contributed by atoms with Crippen molar-refractivity contribution in [3.63, 3.8) is 0 Å². The minimum Gasteiger partial charge on any atom is -0.469 e. The van der Waals surface area contributed by atoms with Crippen LogP contribution in [0.25, 0.3) is 0 Å². The summed E-state index contributed by atoms with van der Waals surface area (Å²) < 4.78 is 4.56. The van der Waals surface area contributed by atoms with Crippen molar-refractivity contribution >= 4 is 23.2 Å². The summed E-state index contributed by atoms with van der Waals surface area (Å²) in [5.74, 6) is -0.222. The second kappa shape index (κ2) is 6.54. The first-order valence-electron chi connectivity index (χ1n) is 5.85. The quantitative estimate of drug-likeness (QED) is 0.771. The molecule has 0 bridgehead atoms. The summed E-state index contributed by atoms with van der Waals surface area (Å²) in [6.45, 7) is 4.57. The molecule has 0 aliphatic heterocycles. The Kier molecular flexibility index (Phi) is 5.34.